The van der Waals surface area contributed by atoms with Crippen molar-refractivity contribution >= 4 is 27.2 Å². The van der Waals surface area contributed by atoms with Crippen LogP contribution in [0.25, 0.3) is 20.8 Å². The molecule has 1 aliphatic carbocycles. The van der Waals surface area contributed by atoms with Gasteiger partial charge in [0.2, 0.25) is 11.2 Å². The van der Waals surface area contributed by atoms with Gasteiger partial charge in [0.25, 0.3) is 0 Å². The van der Waals surface area contributed by atoms with E-state index in [1.165, 1.54) is 0 Å². The standard InChI is InChI=1S/C12H8N2OS/c13-7-1-3-9-11(5-7)16-12-6-8(15)2-4-10(12)14-9/h1-6H,13H2/p+1. The number of nitrogens with two attached hydrogens (primary N) is 1. The average Bonchev–Trinajstić information content (AvgIpc) is 2.26. The Morgan fingerprint density at radius 3 is 2.88 bits per heavy atom. The van der Waals surface area contributed by atoms with Gasteiger partial charge in [-0.15, -0.1) is 11.3 Å². The van der Waals surface area contributed by atoms with Crippen LogP contribution in [-0.4, -0.2) is 0 Å². The zero-order chi connectivity index (χ0) is 11.1. The van der Waals surface area contributed by atoms with Crippen LogP contribution in [0.15, 0.2) is 41.2 Å². The van der Waals surface area contributed by atoms with Crippen LogP contribution in [0.1, 0.15) is 0 Å². The lowest BCUT2D eigenvalue weighted by Crippen LogP contribution is -2.10. The smallest absolute Gasteiger partial charge is 0.221 e. The number of nitrogen functional groups attached to an aromatic ring is 1. The highest BCUT2D eigenvalue weighted by Crippen LogP contribution is 2.27. The Hall–Kier alpha value is -1.94. The molecule has 3 rings (SSSR count). The number of H-pyrrole nitrogens is 1. The first kappa shape index (κ1) is 9.30. The summed E-state index contributed by atoms with van der Waals surface area (Å²) in [7, 11) is 0. The highest BCUT2D eigenvalue weighted by atomic mass is 32.1. The van der Waals surface area contributed by atoms with Crippen molar-refractivity contribution in [2.24, 2.45) is 0 Å². The van der Waals surface area contributed by atoms with Gasteiger partial charge in [0, 0.05) is 23.9 Å². The zero-order valence-electron chi connectivity index (χ0n) is 8.36. The van der Waals surface area contributed by atoms with Gasteiger partial charge in [-0.1, -0.05) is 0 Å². The Morgan fingerprint density at radius 1 is 1.12 bits per heavy atom. The summed E-state index contributed by atoms with van der Waals surface area (Å²) in [6, 6.07) is 10.7. The highest BCUT2D eigenvalue weighted by Gasteiger charge is 2.13. The largest absolute Gasteiger partial charge is 0.399 e. The molecule has 0 amide bonds. The Labute approximate surface area is 95.5 Å². The summed E-state index contributed by atoms with van der Waals surface area (Å²) >= 11 is 1.57. The molecule has 1 heterocycles. The van der Waals surface area contributed by atoms with Crippen LogP contribution in [0.2, 0.25) is 0 Å². The number of hydrogen-bond acceptors (Lipinski definition) is 3. The van der Waals surface area contributed by atoms with Gasteiger partial charge in [0.15, 0.2) is 5.43 Å². The predicted octanol–water partition coefficient (Wildman–Crippen LogP) is 1.76. The minimum atomic E-state index is 0.0282. The second-order valence-corrected chi connectivity index (χ2v) is 4.72. The van der Waals surface area contributed by atoms with Crippen molar-refractivity contribution in [1.82, 2.24) is 0 Å². The molecule has 0 bridgehead atoms. The van der Waals surface area contributed by atoms with Crippen molar-refractivity contribution in [3.05, 3.63) is 46.6 Å². The number of benzene rings is 2. The lowest BCUT2D eigenvalue weighted by atomic mass is 10.2. The fourth-order valence-electron chi connectivity index (χ4n) is 1.68. The van der Waals surface area contributed by atoms with E-state index in [9.17, 15) is 4.79 Å². The van der Waals surface area contributed by atoms with E-state index in [-0.39, 0.29) is 5.43 Å². The third-order valence-electron chi connectivity index (χ3n) is 2.45. The van der Waals surface area contributed by atoms with E-state index in [1.807, 2.05) is 24.3 Å². The number of hydrogen-bond donors (Lipinski definition) is 1. The Bertz CT molecular complexity index is 705. The second-order valence-electron chi connectivity index (χ2n) is 3.64. The fourth-order valence-corrected chi connectivity index (χ4v) is 2.75. The van der Waals surface area contributed by atoms with E-state index in [1.54, 1.807) is 23.5 Å². The molecular weight excluding hydrogens is 220 g/mol. The maximum absolute atomic E-state index is 11.3. The van der Waals surface area contributed by atoms with Gasteiger partial charge < -0.3 is 5.73 Å². The molecular formula is C12H9N2OS+. The molecule has 0 spiro atoms. The maximum Gasteiger partial charge on any atom is 0.221 e. The number of aromatic nitrogens is 1. The summed E-state index contributed by atoms with van der Waals surface area (Å²) in [6.45, 7) is 0. The molecule has 0 radical (unpaired) electrons. The molecule has 16 heavy (non-hydrogen) atoms. The van der Waals surface area contributed by atoms with Crippen LogP contribution >= 0.6 is 11.3 Å². The lowest BCUT2D eigenvalue weighted by Gasteiger charge is -1.99. The maximum atomic E-state index is 11.3. The molecule has 0 saturated heterocycles. The van der Waals surface area contributed by atoms with E-state index >= 15 is 0 Å². The van der Waals surface area contributed by atoms with Crippen LogP contribution in [0.4, 0.5) is 5.69 Å². The van der Waals surface area contributed by atoms with Gasteiger partial charge in [0.05, 0.1) is 0 Å². The third-order valence-corrected chi connectivity index (χ3v) is 3.56. The number of fused-ring (bicyclic) bond motifs is 2. The van der Waals surface area contributed by atoms with Crippen molar-refractivity contribution in [1.29, 1.82) is 0 Å². The van der Waals surface area contributed by atoms with Crippen molar-refractivity contribution in [3.63, 3.8) is 0 Å². The topological polar surface area (TPSA) is 57.2 Å². The number of aromatic amines is 1. The fraction of sp³-hybridized carbons (Fsp3) is 0. The van der Waals surface area contributed by atoms with Gasteiger partial charge >= 0.3 is 0 Å². The molecule has 0 unspecified atom stereocenters. The van der Waals surface area contributed by atoms with Gasteiger partial charge in [0.1, 0.15) is 9.58 Å². The molecule has 3 N–H and O–H groups in total. The molecule has 2 aliphatic rings. The molecule has 78 valence electrons. The molecule has 0 saturated carbocycles. The van der Waals surface area contributed by atoms with Gasteiger partial charge in [-0.05, 0) is 18.2 Å². The van der Waals surface area contributed by atoms with Crippen molar-refractivity contribution < 1.29 is 4.98 Å². The van der Waals surface area contributed by atoms with Crippen LogP contribution in [0.3, 0.4) is 0 Å². The number of nitrogens with one attached hydrogen (secondary N) is 1. The average molecular weight is 229 g/mol. The summed E-state index contributed by atoms with van der Waals surface area (Å²) in [6.07, 6.45) is 0. The van der Waals surface area contributed by atoms with Crippen molar-refractivity contribution in [3.8, 4) is 10.6 Å². The van der Waals surface area contributed by atoms with E-state index in [4.69, 9.17) is 5.73 Å². The lowest BCUT2D eigenvalue weighted by molar-refractivity contribution is -0.330. The minimum absolute atomic E-state index is 0.0282. The van der Waals surface area contributed by atoms with Crippen LogP contribution < -0.4 is 16.1 Å². The van der Waals surface area contributed by atoms with Crippen LogP contribution in [0, 0.1) is 0 Å². The summed E-state index contributed by atoms with van der Waals surface area (Å²) < 4.78 is 1.05. The summed E-state index contributed by atoms with van der Waals surface area (Å²) in [5, 5.41) is 0. The first-order chi connectivity index (χ1) is 7.72. The Morgan fingerprint density at radius 2 is 2.00 bits per heavy atom. The summed E-state index contributed by atoms with van der Waals surface area (Å²) in [4.78, 5) is 15.5. The molecule has 1 aromatic carbocycles. The van der Waals surface area contributed by atoms with E-state index in [2.05, 4.69) is 4.98 Å². The Balaban J connectivity index is 2.46. The molecule has 4 heteroatoms. The minimum Gasteiger partial charge on any atom is -0.399 e. The van der Waals surface area contributed by atoms with Gasteiger partial charge in [-0.3, -0.25) is 4.79 Å². The molecule has 1 aromatic rings. The predicted molar refractivity (Wildman–Crippen MR) is 65.7 cm³/mol. The quantitative estimate of drug-likeness (QED) is 0.471. The second kappa shape index (κ2) is 3.28. The molecule has 3 nitrogen and oxygen atoms in total. The number of rotatable bonds is 0. The van der Waals surface area contributed by atoms with Gasteiger partial charge in [-0.2, -0.15) is 0 Å². The van der Waals surface area contributed by atoms with E-state index in [0.29, 0.717) is 0 Å². The monoisotopic (exact) mass is 229 g/mol. The van der Waals surface area contributed by atoms with Crippen molar-refractivity contribution in [2.75, 3.05) is 5.73 Å². The highest BCUT2D eigenvalue weighted by molar-refractivity contribution is 7.21. The van der Waals surface area contributed by atoms with Crippen LogP contribution in [0.5, 0.6) is 0 Å². The molecule has 0 fully saturated rings. The van der Waals surface area contributed by atoms with E-state index in [0.717, 1.165) is 26.5 Å². The first-order valence-electron chi connectivity index (χ1n) is 4.88. The van der Waals surface area contributed by atoms with Crippen LogP contribution in [-0.2, 0) is 0 Å². The summed E-state index contributed by atoms with van der Waals surface area (Å²) in [5.74, 6) is 0. The molecule has 0 aromatic heterocycles. The van der Waals surface area contributed by atoms with Gasteiger partial charge in [-0.25, -0.2) is 4.98 Å². The third kappa shape index (κ3) is 1.44. The number of anilines is 1. The summed E-state index contributed by atoms with van der Waals surface area (Å²) in [5.41, 5.74) is 8.50. The first-order valence-corrected chi connectivity index (χ1v) is 5.69. The zero-order valence-corrected chi connectivity index (χ0v) is 9.17. The molecule has 0 atom stereocenters. The molecule has 1 aliphatic heterocycles. The van der Waals surface area contributed by atoms with Crippen molar-refractivity contribution in [2.45, 2.75) is 0 Å². The Kier molecular flexibility index (Phi) is 1.91. The van der Waals surface area contributed by atoms with E-state index < -0.39 is 0 Å². The SMILES string of the molecule is Nc1ccc2[nH+]c3ccc(=O)cc-3sc2c1. The normalized spacial score (nSPS) is 11.0.